The maximum Gasteiger partial charge on any atom is 0.263 e. The van der Waals surface area contributed by atoms with Crippen molar-refractivity contribution in [2.75, 3.05) is 26.2 Å². The van der Waals surface area contributed by atoms with Crippen molar-refractivity contribution in [2.45, 2.75) is 44.3 Å². The highest BCUT2D eigenvalue weighted by Crippen LogP contribution is 2.31. The molecule has 1 aromatic carbocycles. The SMILES string of the molecule is O=C(NC1CCN(Cc2cccc(O)c2)CC1)c1ccc2n(c1=O)C[C@@H]1CNC[C@H]2C1. The van der Waals surface area contributed by atoms with Gasteiger partial charge in [-0.25, -0.2) is 0 Å². The topological polar surface area (TPSA) is 86.6 Å². The number of benzene rings is 1. The van der Waals surface area contributed by atoms with E-state index in [9.17, 15) is 14.7 Å². The number of aromatic hydroxyl groups is 1. The zero-order valence-electron chi connectivity index (χ0n) is 17.7. The molecule has 7 heteroatoms. The molecule has 0 unspecified atom stereocenters. The molecule has 0 spiro atoms. The molecule has 5 rings (SSSR count). The Morgan fingerprint density at radius 1 is 1.16 bits per heavy atom. The number of piperidine rings is 2. The molecule has 2 atom stereocenters. The molecular formula is C24H30N4O3. The average molecular weight is 423 g/mol. The number of aromatic nitrogens is 1. The van der Waals surface area contributed by atoms with Crippen LogP contribution in [0.15, 0.2) is 41.2 Å². The molecule has 2 bridgehead atoms. The molecule has 31 heavy (non-hydrogen) atoms. The van der Waals surface area contributed by atoms with E-state index in [1.165, 1.54) is 0 Å². The van der Waals surface area contributed by atoms with Crippen molar-refractivity contribution < 1.29 is 9.90 Å². The Labute approximate surface area is 182 Å². The number of amides is 1. The quantitative estimate of drug-likeness (QED) is 0.698. The smallest absolute Gasteiger partial charge is 0.263 e. The molecule has 4 heterocycles. The van der Waals surface area contributed by atoms with Gasteiger partial charge in [-0.3, -0.25) is 14.5 Å². The summed E-state index contributed by atoms with van der Waals surface area (Å²) in [4.78, 5) is 28.3. The number of phenols is 1. The Bertz CT molecular complexity index is 1030. The Morgan fingerprint density at radius 3 is 2.81 bits per heavy atom. The third-order valence-electron chi connectivity index (χ3n) is 6.99. The van der Waals surface area contributed by atoms with Gasteiger partial charge in [0.25, 0.3) is 11.5 Å². The van der Waals surface area contributed by atoms with Gasteiger partial charge in [0, 0.05) is 50.4 Å². The van der Waals surface area contributed by atoms with Crippen molar-refractivity contribution in [2.24, 2.45) is 5.92 Å². The monoisotopic (exact) mass is 422 g/mol. The summed E-state index contributed by atoms with van der Waals surface area (Å²) in [6.45, 7) is 5.09. The fraction of sp³-hybridized carbons (Fsp3) is 0.500. The number of hydrogen-bond acceptors (Lipinski definition) is 5. The van der Waals surface area contributed by atoms with E-state index in [0.29, 0.717) is 18.4 Å². The number of phenolic OH excluding ortho intramolecular Hbond substituents is 1. The number of pyridine rings is 1. The lowest BCUT2D eigenvalue weighted by Gasteiger charge is -2.37. The summed E-state index contributed by atoms with van der Waals surface area (Å²) in [5.74, 6) is 0.878. The van der Waals surface area contributed by atoms with Gasteiger partial charge in [0.15, 0.2) is 0 Å². The van der Waals surface area contributed by atoms with Crippen LogP contribution >= 0.6 is 0 Å². The second kappa shape index (κ2) is 8.48. The zero-order chi connectivity index (χ0) is 21.4. The number of rotatable bonds is 4. The first-order valence-corrected chi connectivity index (χ1v) is 11.3. The van der Waals surface area contributed by atoms with E-state index in [1.54, 1.807) is 18.2 Å². The van der Waals surface area contributed by atoms with Gasteiger partial charge in [-0.15, -0.1) is 0 Å². The van der Waals surface area contributed by atoms with Gasteiger partial charge in [0.05, 0.1) is 0 Å². The molecule has 2 aromatic rings. The van der Waals surface area contributed by atoms with Crippen LogP contribution in [0.1, 0.15) is 46.8 Å². The largest absolute Gasteiger partial charge is 0.508 e. The van der Waals surface area contributed by atoms with Crippen molar-refractivity contribution >= 4 is 5.91 Å². The minimum absolute atomic E-state index is 0.0805. The lowest BCUT2D eigenvalue weighted by atomic mass is 9.84. The molecule has 1 amide bonds. The van der Waals surface area contributed by atoms with Gasteiger partial charge in [-0.1, -0.05) is 12.1 Å². The predicted octanol–water partition coefficient (Wildman–Crippen LogP) is 1.65. The lowest BCUT2D eigenvalue weighted by molar-refractivity contribution is 0.0906. The fourth-order valence-corrected chi connectivity index (χ4v) is 5.38. The summed E-state index contributed by atoms with van der Waals surface area (Å²) in [5, 5.41) is 16.2. The minimum atomic E-state index is -0.249. The normalized spacial score (nSPS) is 23.9. The van der Waals surface area contributed by atoms with Gasteiger partial charge in [0.1, 0.15) is 11.3 Å². The number of carbonyl (C=O) groups is 1. The highest BCUT2D eigenvalue weighted by Gasteiger charge is 2.32. The van der Waals surface area contributed by atoms with E-state index in [4.69, 9.17) is 0 Å². The molecule has 164 valence electrons. The van der Waals surface area contributed by atoms with Gasteiger partial charge in [-0.2, -0.15) is 0 Å². The Kier molecular flexibility index (Phi) is 5.54. The molecule has 2 saturated heterocycles. The highest BCUT2D eigenvalue weighted by molar-refractivity contribution is 5.94. The number of hydrogen-bond donors (Lipinski definition) is 3. The van der Waals surface area contributed by atoms with E-state index in [2.05, 4.69) is 15.5 Å². The average Bonchev–Trinajstić information content (AvgIpc) is 2.76. The summed E-state index contributed by atoms with van der Waals surface area (Å²) < 4.78 is 1.84. The van der Waals surface area contributed by atoms with Gasteiger partial charge < -0.3 is 20.3 Å². The molecule has 3 aliphatic heterocycles. The molecule has 2 fully saturated rings. The summed E-state index contributed by atoms with van der Waals surface area (Å²) >= 11 is 0. The molecule has 7 nitrogen and oxygen atoms in total. The molecule has 0 aliphatic carbocycles. The van der Waals surface area contributed by atoms with Crippen molar-refractivity contribution in [3.63, 3.8) is 0 Å². The van der Waals surface area contributed by atoms with Crippen LogP contribution in [-0.4, -0.2) is 52.7 Å². The maximum atomic E-state index is 13.1. The van der Waals surface area contributed by atoms with E-state index >= 15 is 0 Å². The third-order valence-corrected chi connectivity index (χ3v) is 6.99. The van der Waals surface area contributed by atoms with E-state index in [1.807, 2.05) is 22.8 Å². The van der Waals surface area contributed by atoms with Crippen molar-refractivity contribution in [3.05, 3.63) is 63.6 Å². The van der Waals surface area contributed by atoms with E-state index in [0.717, 1.165) is 63.2 Å². The predicted molar refractivity (Wildman–Crippen MR) is 118 cm³/mol. The first-order chi connectivity index (χ1) is 15.1. The fourth-order valence-electron chi connectivity index (χ4n) is 5.38. The molecular weight excluding hydrogens is 392 g/mol. The highest BCUT2D eigenvalue weighted by atomic mass is 16.3. The summed E-state index contributed by atoms with van der Waals surface area (Å²) in [6.07, 6.45) is 2.83. The number of fused-ring (bicyclic) bond motifs is 4. The standard InChI is InChI=1S/C24H30N4O3/c29-20-3-1-2-16(11-20)14-27-8-6-19(7-9-27)26-23(30)21-4-5-22-18-10-17(12-25-13-18)15-28(22)24(21)31/h1-5,11,17-19,25,29H,6-10,12-15H2,(H,26,30)/t17-,18+/m0/s1. The van der Waals surface area contributed by atoms with E-state index < -0.39 is 0 Å². The van der Waals surface area contributed by atoms with Crippen LogP contribution in [-0.2, 0) is 13.1 Å². The first-order valence-electron chi connectivity index (χ1n) is 11.3. The Balaban J connectivity index is 1.21. The van der Waals surface area contributed by atoms with Crippen LogP contribution in [0.5, 0.6) is 5.75 Å². The van der Waals surface area contributed by atoms with Crippen molar-refractivity contribution in [1.29, 1.82) is 0 Å². The Morgan fingerprint density at radius 2 is 2.00 bits per heavy atom. The number of likely N-dealkylation sites (tertiary alicyclic amines) is 1. The second-order valence-electron chi connectivity index (χ2n) is 9.24. The van der Waals surface area contributed by atoms with Crippen LogP contribution in [0, 0.1) is 5.92 Å². The number of carbonyl (C=O) groups excluding carboxylic acids is 1. The summed E-state index contributed by atoms with van der Waals surface area (Å²) in [7, 11) is 0. The lowest BCUT2D eigenvalue weighted by Crippen LogP contribution is -2.48. The van der Waals surface area contributed by atoms with Gasteiger partial charge in [-0.05, 0) is 61.6 Å². The summed E-state index contributed by atoms with van der Waals surface area (Å²) in [6, 6.07) is 11.1. The van der Waals surface area contributed by atoms with Crippen molar-refractivity contribution in [1.82, 2.24) is 20.1 Å². The van der Waals surface area contributed by atoms with Gasteiger partial charge >= 0.3 is 0 Å². The van der Waals surface area contributed by atoms with Crippen LogP contribution in [0.3, 0.4) is 0 Å². The zero-order valence-corrected chi connectivity index (χ0v) is 17.7. The molecule has 0 saturated carbocycles. The maximum absolute atomic E-state index is 13.1. The minimum Gasteiger partial charge on any atom is -0.508 e. The van der Waals surface area contributed by atoms with Crippen molar-refractivity contribution in [3.8, 4) is 5.75 Å². The first kappa shape index (κ1) is 20.3. The van der Waals surface area contributed by atoms with Crippen LogP contribution in [0.2, 0.25) is 0 Å². The van der Waals surface area contributed by atoms with Crippen LogP contribution in [0.25, 0.3) is 0 Å². The number of nitrogens with one attached hydrogen (secondary N) is 2. The number of nitrogens with zero attached hydrogens (tertiary/aromatic N) is 2. The van der Waals surface area contributed by atoms with Crippen LogP contribution in [0.4, 0.5) is 0 Å². The molecule has 3 N–H and O–H groups in total. The van der Waals surface area contributed by atoms with Crippen LogP contribution < -0.4 is 16.2 Å². The van der Waals surface area contributed by atoms with E-state index in [-0.39, 0.29) is 28.8 Å². The molecule has 3 aliphatic rings. The second-order valence-corrected chi connectivity index (χ2v) is 9.24. The third kappa shape index (κ3) is 4.25. The molecule has 1 aromatic heterocycles. The Hall–Kier alpha value is -2.64. The summed E-state index contributed by atoms with van der Waals surface area (Å²) in [5.41, 5.74) is 2.27. The van der Waals surface area contributed by atoms with Gasteiger partial charge in [0.2, 0.25) is 0 Å². The molecule has 0 radical (unpaired) electrons.